The van der Waals surface area contributed by atoms with Gasteiger partial charge in [-0.05, 0) is 0 Å². The van der Waals surface area contributed by atoms with Gasteiger partial charge < -0.3 is 0 Å². The normalized spacial score (nSPS) is 5.50. The summed E-state index contributed by atoms with van der Waals surface area (Å²) in [6, 6.07) is 0. The molecule has 34 valence electrons. The Kier molecular flexibility index (Phi) is 20.5. The van der Waals surface area contributed by atoms with E-state index in [0.717, 1.165) is 0 Å². The van der Waals surface area contributed by atoms with Crippen LogP contribution in [0.15, 0.2) is 0 Å². The molecule has 4 heavy (non-hydrogen) atoms. The molecule has 4 heteroatoms. The van der Waals surface area contributed by atoms with Crippen molar-refractivity contribution in [2.24, 2.45) is 0 Å². The Bertz CT molecular complexity index is 6.00. The quantitative estimate of drug-likeness (QED) is 0.590. The fourth-order valence-electron chi connectivity index (χ4n) is 0. The second-order valence-electron chi connectivity index (χ2n) is 0.0476. The van der Waals surface area contributed by atoms with Crippen LogP contribution in [-0.4, -0.2) is 0 Å². The van der Waals surface area contributed by atoms with Crippen LogP contribution in [0.2, 0.25) is 0 Å². The summed E-state index contributed by atoms with van der Waals surface area (Å²) in [6.07, 6.45) is 0. The first kappa shape index (κ1) is 9.27. The van der Waals surface area contributed by atoms with Crippen LogP contribution >= 0.6 is 20.3 Å². The fourth-order valence-corrected chi connectivity index (χ4v) is 0. The molecule has 0 aliphatic rings. The van der Waals surface area contributed by atoms with Crippen LogP contribution in [0, 0.1) is 0 Å². The van der Waals surface area contributed by atoms with Crippen molar-refractivity contribution >= 4 is 20.3 Å². The molecule has 0 aromatic carbocycles. The third kappa shape index (κ3) is 9.16. The van der Waals surface area contributed by atoms with Gasteiger partial charge >= 0.3 is 33.2 Å². The van der Waals surface area contributed by atoms with Crippen LogP contribution < -0.4 is 0 Å². The Labute approximate surface area is 55.2 Å². The Morgan fingerprint density at radius 2 is 1.25 bits per heavy atom. The van der Waals surface area contributed by atoms with E-state index >= 15 is 0 Å². The van der Waals surface area contributed by atoms with Gasteiger partial charge in [-0.3, -0.25) is 0 Å². The molecule has 0 aliphatic heterocycles. The summed E-state index contributed by atoms with van der Waals surface area (Å²) >= 11 is 0.382. The second-order valence-corrected chi connectivity index (χ2v) is 1.77. The van der Waals surface area contributed by atoms with Gasteiger partial charge in [0.05, 0.1) is 0 Å². The predicted octanol–water partition coefficient (Wildman–Crippen LogP) is 1.37. The van der Waals surface area contributed by atoms with E-state index in [-0.39, 0.29) is 22.4 Å². The number of hydrogen-bond acceptors (Lipinski definition) is 0. The first-order valence-electron chi connectivity index (χ1n) is 0.252. The van der Waals surface area contributed by atoms with Gasteiger partial charge in [0.15, 0.2) is 0 Å². The maximum absolute atomic E-state index is 4.73. The van der Waals surface area contributed by atoms with Crippen LogP contribution in [0.3, 0.4) is 0 Å². The second kappa shape index (κ2) is 8.85. The van der Waals surface area contributed by atoms with Gasteiger partial charge in [0.1, 0.15) is 0 Å². The van der Waals surface area contributed by atoms with Crippen molar-refractivity contribution in [3.05, 3.63) is 0 Å². The average Bonchev–Trinajstić information content (AvgIpc) is 0.918. The molecule has 1 radical (unpaired) electrons. The van der Waals surface area contributed by atoms with Crippen molar-refractivity contribution in [1.29, 1.82) is 0 Å². The van der Waals surface area contributed by atoms with E-state index in [1.165, 1.54) is 0 Å². The minimum atomic E-state index is 0. The predicted molar refractivity (Wildman–Crippen MR) is 11.7 cm³/mol. The van der Waals surface area contributed by atoms with Crippen molar-refractivity contribution in [1.82, 2.24) is 0 Å². The van der Waals surface area contributed by atoms with Crippen molar-refractivity contribution in [3.8, 4) is 0 Å². The minimum absolute atomic E-state index is 0. The van der Waals surface area contributed by atoms with E-state index in [1.54, 1.807) is 0 Å². The zero-order valence-corrected chi connectivity index (χ0v) is 6.11. The molecule has 0 saturated heterocycles. The van der Waals surface area contributed by atoms with E-state index in [9.17, 15) is 0 Å². The summed E-state index contributed by atoms with van der Waals surface area (Å²) < 4.78 is 0. The van der Waals surface area contributed by atoms with Crippen molar-refractivity contribution in [2.75, 3.05) is 0 Å². The molecule has 0 fully saturated rings. The summed E-state index contributed by atoms with van der Waals surface area (Å²) in [7, 11) is 9.47. The number of halogens is 2. The molecule has 0 aliphatic carbocycles. The SMILES string of the molecule is [Au].[Cl][Co][Cl]. The summed E-state index contributed by atoms with van der Waals surface area (Å²) in [4.78, 5) is 0. The van der Waals surface area contributed by atoms with Crippen LogP contribution in [0.5, 0.6) is 0 Å². The summed E-state index contributed by atoms with van der Waals surface area (Å²) in [6.45, 7) is 0. The molecular formula is AuCl2Co. The van der Waals surface area contributed by atoms with Gasteiger partial charge in [0, 0.05) is 22.4 Å². The summed E-state index contributed by atoms with van der Waals surface area (Å²) in [5.74, 6) is 0. The first-order chi connectivity index (χ1) is 1.41. The Morgan fingerprint density at radius 1 is 1.25 bits per heavy atom. The Morgan fingerprint density at radius 3 is 1.25 bits per heavy atom. The molecule has 0 rings (SSSR count). The van der Waals surface area contributed by atoms with Crippen LogP contribution in [0.4, 0.5) is 0 Å². The number of hydrogen-bond donors (Lipinski definition) is 0. The monoisotopic (exact) mass is 326 g/mol. The molecule has 0 atom stereocenters. The van der Waals surface area contributed by atoms with Gasteiger partial charge in [-0.1, -0.05) is 0 Å². The van der Waals surface area contributed by atoms with Gasteiger partial charge in [-0.15, -0.1) is 0 Å². The van der Waals surface area contributed by atoms with E-state index in [0.29, 0.717) is 12.9 Å². The van der Waals surface area contributed by atoms with E-state index < -0.39 is 0 Å². The van der Waals surface area contributed by atoms with Crippen LogP contribution in [0.1, 0.15) is 0 Å². The zero-order chi connectivity index (χ0) is 2.71. The van der Waals surface area contributed by atoms with E-state index in [1.807, 2.05) is 0 Å². The standard InChI is InChI=1S/Au.2ClH.Co/h;2*1H;/q;;;+2/p-2. The summed E-state index contributed by atoms with van der Waals surface area (Å²) in [5, 5.41) is 0. The Hall–Kier alpha value is 1.83. The number of rotatable bonds is 0. The molecule has 0 bridgehead atoms. The molecule has 0 saturated carbocycles. The average molecular weight is 327 g/mol. The molecule has 0 unspecified atom stereocenters. The van der Waals surface area contributed by atoms with Crippen molar-refractivity contribution < 1.29 is 35.3 Å². The van der Waals surface area contributed by atoms with Crippen molar-refractivity contribution in [3.63, 3.8) is 0 Å². The molecule has 0 N–H and O–H groups in total. The van der Waals surface area contributed by atoms with Gasteiger partial charge in [0.25, 0.3) is 0 Å². The van der Waals surface area contributed by atoms with Crippen LogP contribution in [0.25, 0.3) is 0 Å². The topological polar surface area (TPSA) is 0 Å². The van der Waals surface area contributed by atoms with Gasteiger partial charge in [-0.25, -0.2) is 0 Å². The molecule has 0 aromatic heterocycles. The molecule has 0 amide bonds. The van der Waals surface area contributed by atoms with E-state index in [2.05, 4.69) is 0 Å². The molecule has 0 aromatic rings. The third-order valence-corrected chi connectivity index (χ3v) is 0. The van der Waals surface area contributed by atoms with Crippen LogP contribution in [-0.2, 0) is 35.3 Å². The Balaban J connectivity index is 0. The fraction of sp³-hybridized carbons (Fsp3) is 0. The molecule has 0 heterocycles. The summed E-state index contributed by atoms with van der Waals surface area (Å²) in [5.41, 5.74) is 0. The van der Waals surface area contributed by atoms with Crippen molar-refractivity contribution in [2.45, 2.75) is 0 Å². The molecule has 0 spiro atoms. The maximum atomic E-state index is 4.73. The van der Waals surface area contributed by atoms with E-state index in [4.69, 9.17) is 20.3 Å². The van der Waals surface area contributed by atoms with Gasteiger partial charge in [-0.2, -0.15) is 0 Å². The molecular weight excluding hydrogens is 327 g/mol. The van der Waals surface area contributed by atoms with Gasteiger partial charge in [0.2, 0.25) is 0 Å². The third-order valence-electron chi connectivity index (χ3n) is 0. The molecule has 0 nitrogen and oxygen atoms in total. The first-order valence-corrected chi connectivity index (χ1v) is 3.12. The zero-order valence-electron chi connectivity index (χ0n) is 1.39.